The van der Waals surface area contributed by atoms with Gasteiger partial charge in [-0.3, -0.25) is 14.9 Å². The number of urea groups is 1. The van der Waals surface area contributed by atoms with Crippen molar-refractivity contribution in [3.8, 4) is 11.4 Å². The van der Waals surface area contributed by atoms with Crippen LogP contribution in [0.2, 0.25) is 0 Å². The molecule has 0 radical (unpaired) electrons. The molecule has 172 valence electrons. The van der Waals surface area contributed by atoms with Gasteiger partial charge in [0.1, 0.15) is 11.3 Å². The number of nitrogens with zero attached hydrogens (tertiary/aromatic N) is 2. The molecule has 1 saturated heterocycles. The Labute approximate surface area is 194 Å². The van der Waals surface area contributed by atoms with Gasteiger partial charge >= 0.3 is 12.0 Å². The van der Waals surface area contributed by atoms with Crippen molar-refractivity contribution in [2.75, 3.05) is 12.0 Å². The number of aromatic nitrogens is 1. The van der Waals surface area contributed by atoms with E-state index in [0.29, 0.717) is 28.4 Å². The number of aromatic carboxylic acids is 1. The maximum Gasteiger partial charge on any atom is 0.337 e. The van der Waals surface area contributed by atoms with Crippen LogP contribution in [0.4, 0.5) is 10.5 Å². The van der Waals surface area contributed by atoms with Crippen LogP contribution in [0.3, 0.4) is 0 Å². The molecule has 9 nitrogen and oxygen atoms in total. The molecule has 4 amide bonds. The van der Waals surface area contributed by atoms with Crippen molar-refractivity contribution >= 4 is 35.6 Å². The number of hydrogen-bond acceptors (Lipinski definition) is 5. The Morgan fingerprint density at radius 1 is 1.03 bits per heavy atom. The van der Waals surface area contributed by atoms with Gasteiger partial charge in [0.15, 0.2) is 0 Å². The van der Waals surface area contributed by atoms with Crippen molar-refractivity contribution in [2.24, 2.45) is 0 Å². The van der Waals surface area contributed by atoms with Crippen molar-refractivity contribution in [2.45, 2.75) is 13.8 Å². The molecule has 1 aliphatic rings. The molecule has 0 spiro atoms. The lowest BCUT2D eigenvalue weighted by Crippen LogP contribution is -2.54. The molecule has 0 aliphatic carbocycles. The molecule has 0 bridgehead atoms. The van der Waals surface area contributed by atoms with Gasteiger partial charge in [-0.25, -0.2) is 14.5 Å². The zero-order valence-corrected chi connectivity index (χ0v) is 18.7. The minimum absolute atomic E-state index is 0.117. The number of aryl methyl sites for hydroxylation is 1. The van der Waals surface area contributed by atoms with E-state index in [0.717, 1.165) is 4.90 Å². The first-order chi connectivity index (χ1) is 16.2. The predicted octanol–water partition coefficient (Wildman–Crippen LogP) is 3.47. The van der Waals surface area contributed by atoms with Crippen LogP contribution in [0.1, 0.15) is 27.3 Å². The van der Waals surface area contributed by atoms with Crippen LogP contribution in [0.25, 0.3) is 11.8 Å². The topological polar surface area (TPSA) is 118 Å². The maximum absolute atomic E-state index is 13.2. The largest absolute Gasteiger partial charge is 0.497 e. The molecular formula is C25H21N3O6. The smallest absolute Gasteiger partial charge is 0.337 e. The Morgan fingerprint density at radius 3 is 2.35 bits per heavy atom. The molecule has 2 aromatic carbocycles. The monoisotopic (exact) mass is 459 g/mol. The molecular weight excluding hydrogens is 438 g/mol. The third-order valence-corrected chi connectivity index (χ3v) is 5.58. The molecule has 1 aliphatic heterocycles. The fourth-order valence-corrected chi connectivity index (χ4v) is 3.93. The molecule has 3 aromatic rings. The summed E-state index contributed by atoms with van der Waals surface area (Å²) in [6, 6.07) is 13.7. The summed E-state index contributed by atoms with van der Waals surface area (Å²) in [6.45, 7) is 3.55. The standard InChI is InChI=1S/C25H21N3O6/c1-14-12-16(15(2)27(14)21-7-5-4-6-19(21)24(31)32)13-20-22(29)26-25(33)28(23(20)30)17-8-10-18(34-3)11-9-17/h4-13H,1-3H3,(H,31,32)(H,26,29,33)/b20-13+. The van der Waals surface area contributed by atoms with Crippen molar-refractivity contribution in [1.29, 1.82) is 0 Å². The number of nitrogens with one attached hydrogen (secondary N) is 1. The summed E-state index contributed by atoms with van der Waals surface area (Å²) in [7, 11) is 1.50. The van der Waals surface area contributed by atoms with Crippen molar-refractivity contribution < 1.29 is 29.0 Å². The number of ether oxygens (including phenoxy) is 1. The van der Waals surface area contributed by atoms with Crippen LogP contribution in [-0.4, -0.2) is 40.6 Å². The molecule has 9 heteroatoms. The number of barbiturate groups is 1. The van der Waals surface area contributed by atoms with Crippen molar-refractivity contribution in [3.05, 3.63) is 82.7 Å². The Balaban J connectivity index is 1.77. The number of carbonyl (C=O) groups is 4. The zero-order valence-electron chi connectivity index (χ0n) is 18.7. The van der Waals surface area contributed by atoms with Gasteiger partial charge in [-0.05, 0) is 68.0 Å². The third kappa shape index (κ3) is 3.83. The van der Waals surface area contributed by atoms with Crippen LogP contribution < -0.4 is 15.0 Å². The quantitative estimate of drug-likeness (QED) is 0.446. The number of carboxylic acids is 1. The second-order valence-corrected chi connectivity index (χ2v) is 7.64. The maximum atomic E-state index is 13.2. The van der Waals surface area contributed by atoms with E-state index in [1.54, 1.807) is 66.9 Å². The number of imide groups is 2. The van der Waals surface area contributed by atoms with Crippen LogP contribution in [-0.2, 0) is 9.59 Å². The van der Waals surface area contributed by atoms with Gasteiger partial charge < -0.3 is 14.4 Å². The SMILES string of the molecule is COc1ccc(N2C(=O)NC(=O)/C(=C\c3cc(C)n(-c4ccccc4C(=O)O)c3C)C2=O)cc1. The van der Waals surface area contributed by atoms with Crippen LogP contribution >= 0.6 is 0 Å². The number of benzene rings is 2. The van der Waals surface area contributed by atoms with Crippen molar-refractivity contribution in [3.63, 3.8) is 0 Å². The lowest BCUT2D eigenvalue weighted by molar-refractivity contribution is -0.122. The predicted molar refractivity (Wildman–Crippen MR) is 124 cm³/mol. The van der Waals surface area contributed by atoms with E-state index in [1.165, 1.54) is 19.3 Å². The zero-order chi connectivity index (χ0) is 24.6. The highest BCUT2D eigenvalue weighted by Gasteiger charge is 2.37. The number of amides is 4. The highest BCUT2D eigenvalue weighted by Crippen LogP contribution is 2.28. The molecule has 0 saturated carbocycles. The Kier molecular flexibility index (Phi) is 5.77. The molecule has 0 atom stereocenters. The van der Waals surface area contributed by atoms with Gasteiger partial charge in [-0.2, -0.15) is 0 Å². The molecule has 4 rings (SSSR count). The normalized spacial score (nSPS) is 15.0. The second-order valence-electron chi connectivity index (χ2n) is 7.64. The molecule has 0 unspecified atom stereocenters. The summed E-state index contributed by atoms with van der Waals surface area (Å²) < 4.78 is 6.85. The van der Waals surface area contributed by atoms with Gasteiger partial charge in [0.05, 0.1) is 24.0 Å². The number of methoxy groups -OCH3 is 1. The number of carboxylic acid groups (broad SMARTS) is 1. The lowest BCUT2D eigenvalue weighted by atomic mass is 10.1. The van der Waals surface area contributed by atoms with E-state index in [2.05, 4.69) is 5.32 Å². The van der Waals surface area contributed by atoms with Crippen LogP contribution in [0, 0.1) is 13.8 Å². The van der Waals surface area contributed by atoms with E-state index in [4.69, 9.17) is 4.74 Å². The third-order valence-electron chi connectivity index (χ3n) is 5.58. The average molecular weight is 459 g/mol. The molecule has 2 N–H and O–H groups in total. The van der Waals surface area contributed by atoms with Gasteiger partial charge in [0.2, 0.25) is 0 Å². The number of para-hydroxylation sites is 1. The van der Waals surface area contributed by atoms with E-state index >= 15 is 0 Å². The first kappa shape index (κ1) is 22.5. The van der Waals surface area contributed by atoms with Crippen molar-refractivity contribution in [1.82, 2.24) is 9.88 Å². The Hall–Kier alpha value is -4.66. The summed E-state index contributed by atoms with van der Waals surface area (Å²) in [4.78, 5) is 50.8. The van der Waals surface area contributed by atoms with Gasteiger partial charge in [-0.15, -0.1) is 0 Å². The van der Waals surface area contributed by atoms with Gasteiger partial charge in [0.25, 0.3) is 11.8 Å². The fraction of sp³-hybridized carbons (Fsp3) is 0.120. The van der Waals surface area contributed by atoms with Gasteiger partial charge in [-0.1, -0.05) is 12.1 Å². The van der Waals surface area contributed by atoms with E-state index in [1.807, 2.05) is 0 Å². The highest BCUT2D eigenvalue weighted by molar-refractivity contribution is 6.39. The van der Waals surface area contributed by atoms with Gasteiger partial charge in [0, 0.05) is 11.4 Å². The average Bonchev–Trinajstić information content (AvgIpc) is 3.09. The summed E-state index contributed by atoms with van der Waals surface area (Å²) in [5.41, 5.74) is 2.53. The molecule has 2 heterocycles. The van der Waals surface area contributed by atoms with Crippen LogP contribution in [0.5, 0.6) is 5.75 Å². The number of anilines is 1. The van der Waals surface area contributed by atoms with E-state index in [9.17, 15) is 24.3 Å². The van der Waals surface area contributed by atoms with Crippen LogP contribution in [0.15, 0.2) is 60.2 Å². The minimum Gasteiger partial charge on any atom is -0.497 e. The number of hydrogen-bond donors (Lipinski definition) is 2. The number of rotatable bonds is 5. The molecule has 34 heavy (non-hydrogen) atoms. The fourth-order valence-electron chi connectivity index (χ4n) is 3.93. The lowest BCUT2D eigenvalue weighted by Gasteiger charge is -2.26. The first-order valence-corrected chi connectivity index (χ1v) is 10.3. The van der Waals surface area contributed by atoms with E-state index in [-0.39, 0.29) is 16.8 Å². The minimum atomic E-state index is -1.07. The molecule has 1 fully saturated rings. The summed E-state index contributed by atoms with van der Waals surface area (Å²) in [5, 5.41) is 11.8. The molecule has 1 aromatic heterocycles. The first-order valence-electron chi connectivity index (χ1n) is 10.3. The summed E-state index contributed by atoms with van der Waals surface area (Å²) in [5.74, 6) is -2.10. The highest BCUT2D eigenvalue weighted by atomic mass is 16.5. The summed E-state index contributed by atoms with van der Waals surface area (Å²) >= 11 is 0. The Morgan fingerprint density at radius 2 is 1.71 bits per heavy atom. The second kappa shape index (κ2) is 8.70. The number of carbonyl (C=O) groups excluding carboxylic acids is 3. The Bertz CT molecular complexity index is 1370. The van der Waals surface area contributed by atoms with E-state index < -0.39 is 23.8 Å². The summed E-state index contributed by atoms with van der Waals surface area (Å²) in [6.07, 6.45) is 1.41.